The number of anilines is 1. The number of carbonyl (C=O) groups is 1. The quantitative estimate of drug-likeness (QED) is 0.751. The van der Waals surface area contributed by atoms with Crippen molar-refractivity contribution in [2.24, 2.45) is 0 Å². The predicted octanol–water partition coefficient (Wildman–Crippen LogP) is 3.36. The fourth-order valence-corrected chi connectivity index (χ4v) is 3.39. The average Bonchev–Trinajstić information content (AvgIpc) is 2.68. The second-order valence-electron chi connectivity index (χ2n) is 7.10. The van der Waals surface area contributed by atoms with Crippen LogP contribution in [0.2, 0.25) is 0 Å². The lowest BCUT2D eigenvalue weighted by molar-refractivity contribution is -0.139. The number of nitrogens with zero attached hydrogens (tertiary/aromatic N) is 2. The Hall–Kier alpha value is -2.24. The lowest BCUT2D eigenvalue weighted by Gasteiger charge is -2.36. The van der Waals surface area contributed by atoms with Gasteiger partial charge < -0.3 is 15.4 Å². The van der Waals surface area contributed by atoms with Gasteiger partial charge >= 0.3 is 0 Å². The van der Waals surface area contributed by atoms with Crippen molar-refractivity contribution >= 4 is 24.0 Å². The van der Waals surface area contributed by atoms with Crippen molar-refractivity contribution in [3.63, 3.8) is 0 Å². The Labute approximate surface area is 173 Å². The molecule has 2 aromatic carbocycles. The number of halogens is 1. The third-order valence-electron chi connectivity index (χ3n) is 5.03. The van der Waals surface area contributed by atoms with Gasteiger partial charge in [0.05, 0.1) is 0 Å². The van der Waals surface area contributed by atoms with Crippen molar-refractivity contribution in [3.8, 4) is 5.75 Å². The highest BCUT2D eigenvalue weighted by atomic mass is 35.5. The van der Waals surface area contributed by atoms with Gasteiger partial charge in [-0.15, -0.1) is 12.4 Å². The molecule has 0 saturated carbocycles. The van der Waals surface area contributed by atoms with E-state index in [0.717, 1.165) is 50.6 Å². The number of carbonyl (C=O) groups excluding carboxylic acids is 1. The smallest absolute Gasteiger partial charge is 0.263 e. The SMILES string of the molecule is CCc1ccc(OC(C)C(=O)N2CCN(Cc3cccc(N)c3)CC2)cc1.Cl. The first kappa shape index (κ1) is 22.1. The van der Waals surface area contributed by atoms with Gasteiger partial charge in [0.2, 0.25) is 0 Å². The number of rotatable bonds is 6. The second-order valence-corrected chi connectivity index (χ2v) is 7.10. The van der Waals surface area contributed by atoms with Gasteiger partial charge in [-0.1, -0.05) is 31.2 Å². The molecule has 5 nitrogen and oxygen atoms in total. The Balaban J connectivity index is 0.00000280. The Morgan fingerprint density at radius 1 is 1.07 bits per heavy atom. The minimum atomic E-state index is -0.474. The first-order valence-electron chi connectivity index (χ1n) is 9.66. The summed E-state index contributed by atoms with van der Waals surface area (Å²) in [5, 5.41) is 0. The van der Waals surface area contributed by atoms with E-state index in [2.05, 4.69) is 17.9 Å². The van der Waals surface area contributed by atoms with E-state index in [0.29, 0.717) is 0 Å². The average molecular weight is 404 g/mol. The zero-order valence-electron chi connectivity index (χ0n) is 16.6. The van der Waals surface area contributed by atoms with Crippen molar-refractivity contribution in [1.82, 2.24) is 9.80 Å². The summed E-state index contributed by atoms with van der Waals surface area (Å²) in [4.78, 5) is 17.0. The van der Waals surface area contributed by atoms with Crippen LogP contribution in [0.25, 0.3) is 0 Å². The van der Waals surface area contributed by atoms with E-state index >= 15 is 0 Å². The van der Waals surface area contributed by atoms with Crippen LogP contribution in [0, 0.1) is 0 Å². The Kier molecular flexibility index (Phi) is 8.15. The zero-order valence-corrected chi connectivity index (χ0v) is 17.5. The van der Waals surface area contributed by atoms with Crippen molar-refractivity contribution < 1.29 is 9.53 Å². The van der Waals surface area contributed by atoms with Crippen LogP contribution in [-0.4, -0.2) is 48.0 Å². The van der Waals surface area contributed by atoms with Crippen LogP contribution < -0.4 is 10.5 Å². The highest BCUT2D eigenvalue weighted by molar-refractivity contribution is 5.85. The van der Waals surface area contributed by atoms with E-state index in [9.17, 15) is 4.79 Å². The number of ether oxygens (including phenoxy) is 1. The summed E-state index contributed by atoms with van der Waals surface area (Å²) >= 11 is 0. The lowest BCUT2D eigenvalue weighted by Crippen LogP contribution is -2.51. The molecule has 1 amide bonds. The minimum absolute atomic E-state index is 0. The monoisotopic (exact) mass is 403 g/mol. The Bertz CT molecular complexity index is 759. The van der Waals surface area contributed by atoms with Gasteiger partial charge in [0.1, 0.15) is 5.75 Å². The molecule has 152 valence electrons. The van der Waals surface area contributed by atoms with Crippen LogP contribution in [0.1, 0.15) is 25.0 Å². The molecule has 1 unspecified atom stereocenters. The van der Waals surface area contributed by atoms with Crippen molar-refractivity contribution in [2.45, 2.75) is 32.9 Å². The number of piperazine rings is 1. The summed E-state index contributed by atoms with van der Waals surface area (Å²) in [5.41, 5.74) is 9.12. The molecule has 0 radical (unpaired) electrons. The fourth-order valence-electron chi connectivity index (χ4n) is 3.39. The highest BCUT2D eigenvalue weighted by Gasteiger charge is 2.26. The molecule has 1 aliphatic rings. The maximum absolute atomic E-state index is 12.7. The molecule has 6 heteroatoms. The highest BCUT2D eigenvalue weighted by Crippen LogP contribution is 2.16. The van der Waals surface area contributed by atoms with Crippen LogP contribution in [0.4, 0.5) is 5.69 Å². The predicted molar refractivity (Wildman–Crippen MR) is 116 cm³/mol. The number of hydrogen-bond acceptors (Lipinski definition) is 4. The van der Waals surface area contributed by atoms with Gasteiger partial charge in [-0.3, -0.25) is 9.69 Å². The zero-order chi connectivity index (χ0) is 19.2. The van der Waals surface area contributed by atoms with Gasteiger partial charge in [-0.05, 0) is 48.7 Å². The summed E-state index contributed by atoms with van der Waals surface area (Å²) in [6.07, 6.45) is 0.521. The van der Waals surface area contributed by atoms with E-state index in [1.54, 1.807) is 0 Å². The van der Waals surface area contributed by atoms with E-state index in [-0.39, 0.29) is 18.3 Å². The molecule has 0 aliphatic carbocycles. The molecule has 28 heavy (non-hydrogen) atoms. The first-order valence-corrected chi connectivity index (χ1v) is 9.66. The Morgan fingerprint density at radius 2 is 1.75 bits per heavy atom. The molecule has 1 atom stereocenters. The van der Waals surface area contributed by atoms with Gasteiger partial charge in [0, 0.05) is 38.4 Å². The van der Waals surface area contributed by atoms with Gasteiger partial charge in [-0.2, -0.15) is 0 Å². The molecule has 0 aromatic heterocycles. The third kappa shape index (κ3) is 5.88. The van der Waals surface area contributed by atoms with Crippen molar-refractivity contribution in [3.05, 3.63) is 59.7 Å². The third-order valence-corrected chi connectivity index (χ3v) is 5.03. The summed E-state index contributed by atoms with van der Waals surface area (Å²) < 4.78 is 5.85. The topological polar surface area (TPSA) is 58.8 Å². The number of aryl methyl sites for hydroxylation is 1. The molecule has 1 saturated heterocycles. The molecule has 2 aromatic rings. The molecular weight excluding hydrogens is 374 g/mol. The van der Waals surface area contributed by atoms with Crippen LogP contribution in [0.15, 0.2) is 48.5 Å². The van der Waals surface area contributed by atoms with Crippen LogP contribution in [0.5, 0.6) is 5.75 Å². The normalized spacial score (nSPS) is 15.6. The Morgan fingerprint density at radius 3 is 2.36 bits per heavy atom. The van der Waals surface area contributed by atoms with E-state index in [1.165, 1.54) is 11.1 Å². The maximum atomic E-state index is 12.7. The number of benzene rings is 2. The molecular formula is C22H30ClN3O2. The van der Waals surface area contributed by atoms with E-state index < -0.39 is 6.10 Å². The number of nitrogen functional groups attached to an aromatic ring is 1. The molecule has 1 fully saturated rings. The fraction of sp³-hybridized carbons (Fsp3) is 0.409. The van der Waals surface area contributed by atoms with Gasteiger partial charge in [-0.25, -0.2) is 0 Å². The maximum Gasteiger partial charge on any atom is 0.263 e. The largest absolute Gasteiger partial charge is 0.481 e. The molecule has 0 bridgehead atoms. The summed E-state index contributed by atoms with van der Waals surface area (Å²) in [7, 11) is 0. The molecule has 1 heterocycles. The van der Waals surface area contributed by atoms with Crippen LogP contribution >= 0.6 is 12.4 Å². The van der Waals surface area contributed by atoms with E-state index in [4.69, 9.17) is 10.5 Å². The van der Waals surface area contributed by atoms with Gasteiger partial charge in [0.15, 0.2) is 6.10 Å². The molecule has 0 spiro atoms. The van der Waals surface area contributed by atoms with Crippen LogP contribution in [0.3, 0.4) is 0 Å². The molecule has 2 N–H and O–H groups in total. The summed E-state index contributed by atoms with van der Waals surface area (Å²) in [6.45, 7) is 7.98. The number of nitrogens with two attached hydrogens (primary N) is 1. The summed E-state index contributed by atoms with van der Waals surface area (Å²) in [6, 6.07) is 15.9. The molecule has 3 rings (SSSR count). The molecule has 1 aliphatic heterocycles. The van der Waals surface area contributed by atoms with Crippen molar-refractivity contribution in [1.29, 1.82) is 0 Å². The van der Waals surface area contributed by atoms with E-state index in [1.807, 2.05) is 54.3 Å². The summed E-state index contributed by atoms with van der Waals surface area (Å²) in [5.74, 6) is 0.798. The van der Waals surface area contributed by atoms with Gasteiger partial charge in [0.25, 0.3) is 5.91 Å². The first-order chi connectivity index (χ1) is 13.0. The number of amides is 1. The van der Waals surface area contributed by atoms with Crippen molar-refractivity contribution in [2.75, 3.05) is 31.9 Å². The lowest BCUT2D eigenvalue weighted by atomic mass is 10.1. The minimum Gasteiger partial charge on any atom is -0.481 e. The second kappa shape index (κ2) is 10.3. The standard InChI is InChI=1S/C22H29N3O2.ClH/c1-3-18-7-9-21(10-8-18)27-17(2)22(26)25-13-11-24(12-14-25)16-19-5-4-6-20(23)15-19;/h4-10,15,17H,3,11-14,16,23H2,1-2H3;1H. The van der Waals surface area contributed by atoms with Crippen LogP contribution in [-0.2, 0) is 17.8 Å². The number of hydrogen-bond donors (Lipinski definition) is 1.